The average molecular weight is 260 g/mol. The molecule has 1 heterocycles. The predicted molar refractivity (Wildman–Crippen MR) is 76.5 cm³/mol. The molecule has 2 N–H and O–H groups in total. The fraction of sp³-hybridized carbons (Fsp3) is 0.500. The number of benzene rings is 1. The Morgan fingerprint density at radius 1 is 1.32 bits per heavy atom. The normalized spacial score (nSPS) is 23.9. The first kappa shape index (κ1) is 12.7. The summed E-state index contributed by atoms with van der Waals surface area (Å²) in [6, 6.07) is 5.38. The van der Waals surface area contributed by atoms with Crippen molar-refractivity contribution in [2.45, 2.75) is 38.1 Å². The van der Waals surface area contributed by atoms with Crippen LogP contribution in [-0.2, 0) is 13.5 Å². The number of rotatable bonds is 2. The highest BCUT2D eigenvalue weighted by Crippen LogP contribution is 2.30. The molecule has 2 atom stereocenters. The molecule has 0 radical (unpaired) electrons. The van der Waals surface area contributed by atoms with Gasteiger partial charge in [0.25, 0.3) is 0 Å². The van der Waals surface area contributed by atoms with Gasteiger partial charge in [0, 0.05) is 24.7 Å². The molecule has 2 aromatic rings. The maximum atomic E-state index is 13.3. The summed E-state index contributed by atoms with van der Waals surface area (Å²) >= 11 is 0. The molecule has 1 saturated carbocycles. The van der Waals surface area contributed by atoms with Gasteiger partial charge in [-0.3, -0.25) is 0 Å². The fourth-order valence-electron chi connectivity index (χ4n) is 3.38. The van der Waals surface area contributed by atoms with Crippen molar-refractivity contribution in [3.05, 3.63) is 35.8 Å². The van der Waals surface area contributed by atoms with Crippen LogP contribution in [0.25, 0.3) is 10.9 Å². The monoisotopic (exact) mass is 260 g/mol. The number of hydrogen-bond donors (Lipinski definition) is 1. The third kappa shape index (κ3) is 2.39. The first-order valence-electron chi connectivity index (χ1n) is 7.14. The quantitative estimate of drug-likeness (QED) is 0.881. The molecule has 1 aromatic carbocycles. The van der Waals surface area contributed by atoms with Crippen molar-refractivity contribution in [3.63, 3.8) is 0 Å². The van der Waals surface area contributed by atoms with Crippen molar-refractivity contribution in [1.29, 1.82) is 0 Å². The SMILES string of the molecule is Cn1cc(CC2CCCCC2N)c2ccc(F)cc21. The number of hydrogen-bond acceptors (Lipinski definition) is 1. The number of aromatic nitrogens is 1. The van der Waals surface area contributed by atoms with Crippen molar-refractivity contribution >= 4 is 10.9 Å². The average Bonchev–Trinajstić information content (AvgIpc) is 2.69. The predicted octanol–water partition coefficient (Wildman–Crippen LogP) is 3.38. The van der Waals surface area contributed by atoms with E-state index >= 15 is 0 Å². The third-order valence-corrected chi connectivity index (χ3v) is 4.49. The largest absolute Gasteiger partial charge is 0.350 e. The molecule has 0 saturated heterocycles. The zero-order valence-corrected chi connectivity index (χ0v) is 11.4. The highest BCUT2D eigenvalue weighted by Gasteiger charge is 2.23. The molecular weight excluding hydrogens is 239 g/mol. The summed E-state index contributed by atoms with van der Waals surface area (Å²) in [6.07, 6.45) is 8.06. The summed E-state index contributed by atoms with van der Waals surface area (Å²) in [4.78, 5) is 0. The van der Waals surface area contributed by atoms with E-state index in [1.807, 2.05) is 17.7 Å². The van der Waals surface area contributed by atoms with E-state index in [0.29, 0.717) is 12.0 Å². The lowest BCUT2D eigenvalue weighted by atomic mass is 9.81. The highest BCUT2D eigenvalue weighted by atomic mass is 19.1. The van der Waals surface area contributed by atoms with Gasteiger partial charge < -0.3 is 10.3 Å². The second kappa shape index (κ2) is 4.97. The lowest BCUT2D eigenvalue weighted by molar-refractivity contribution is 0.307. The Morgan fingerprint density at radius 2 is 2.11 bits per heavy atom. The molecule has 3 heteroatoms. The van der Waals surface area contributed by atoms with E-state index in [1.165, 1.54) is 30.2 Å². The van der Waals surface area contributed by atoms with Crippen LogP contribution in [0.2, 0.25) is 0 Å². The molecule has 1 fully saturated rings. The standard InChI is InChI=1S/C16H21FN2/c1-19-10-12(8-11-4-2-3-5-15(11)18)14-7-6-13(17)9-16(14)19/h6-7,9-11,15H,2-5,8,18H2,1H3. The van der Waals surface area contributed by atoms with Gasteiger partial charge in [0.05, 0.1) is 5.52 Å². The number of fused-ring (bicyclic) bond motifs is 1. The Balaban J connectivity index is 1.92. The van der Waals surface area contributed by atoms with Crippen LogP contribution in [-0.4, -0.2) is 10.6 Å². The molecule has 0 amide bonds. The second-order valence-corrected chi connectivity index (χ2v) is 5.84. The Kier molecular flexibility index (Phi) is 3.31. The maximum absolute atomic E-state index is 13.3. The number of aryl methyl sites for hydroxylation is 1. The van der Waals surface area contributed by atoms with Gasteiger partial charge in [-0.15, -0.1) is 0 Å². The summed E-state index contributed by atoms with van der Waals surface area (Å²) in [7, 11) is 1.98. The van der Waals surface area contributed by atoms with Crippen LogP contribution in [0.4, 0.5) is 4.39 Å². The number of halogens is 1. The lowest BCUT2D eigenvalue weighted by Gasteiger charge is -2.28. The molecular formula is C16H21FN2. The van der Waals surface area contributed by atoms with E-state index in [2.05, 4.69) is 6.20 Å². The van der Waals surface area contributed by atoms with E-state index in [1.54, 1.807) is 12.1 Å². The fourth-order valence-corrected chi connectivity index (χ4v) is 3.38. The Morgan fingerprint density at radius 3 is 2.89 bits per heavy atom. The molecule has 0 bridgehead atoms. The van der Waals surface area contributed by atoms with Gasteiger partial charge in [0.2, 0.25) is 0 Å². The molecule has 2 unspecified atom stereocenters. The number of nitrogens with zero attached hydrogens (tertiary/aromatic N) is 1. The van der Waals surface area contributed by atoms with E-state index in [9.17, 15) is 4.39 Å². The summed E-state index contributed by atoms with van der Waals surface area (Å²) in [5, 5.41) is 1.17. The van der Waals surface area contributed by atoms with E-state index in [-0.39, 0.29) is 5.82 Å². The molecule has 3 rings (SSSR count). The van der Waals surface area contributed by atoms with Gasteiger partial charge in [0.1, 0.15) is 5.82 Å². The van der Waals surface area contributed by atoms with Crippen molar-refractivity contribution in [2.24, 2.45) is 18.7 Å². The van der Waals surface area contributed by atoms with Crippen LogP contribution in [0.1, 0.15) is 31.2 Å². The summed E-state index contributed by atoms with van der Waals surface area (Å²) in [5.41, 5.74) is 8.51. The van der Waals surface area contributed by atoms with E-state index in [0.717, 1.165) is 18.4 Å². The van der Waals surface area contributed by atoms with Crippen molar-refractivity contribution in [1.82, 2.24) is 4.57 Å². The van der Waals surface area contributed by atoms with Gasteiger partial charge in [-0.2, -0.15) is 0 Å². The lowest BCUT2D eigenvalue weighted by Crippen LogP contribution is -2.34. The molecule has 19 heavy (non-hydrogen) atoms. The number of nitrogens with two attached hydrogens (primary N) is 1. The zero-order chi connectivity index (χ0) is 13.4. The summed E-state index contributed by atoms with van der Waals surface area (Å²) in [6.45, 7) is 0. The van der Waals surface area contributed by atoms with Crippen molar-refractivity contribution < 1.29 is 4.39 Å². The van der Waals surface area contributed by atoms with Crippen LogP contribution in [0.3, 0.4) is 0 Å². The van der Waals surface area contributed by atoms with Crippen LogP contribution < -0.4 is 5.73 Å². The van der Waals surface area contributed by atoms with Crippen molar-refractivity contribution in [3.8, 4) is 0 Å². The molecule has 0 aliphatic heterocycles. The zero-order valence-electron chi connectivity index (χ0n) is 11.4. The summed E-state index contributed by atoms with van der Waals surface area (Å²) < 4.78 is 15.3. The van der Waals surface area contributed by atoms with Crippen LogP contribution in [0.5, 0.6) is 0 Å². The van der Waals surface area contributed by atoms with Gasteiger partial charge in [0.15, 0.2) is 0 Å². The van der Waals surface area contributed by atoms with Gasteiger partial charge in [-0.25, -0.2) is 4.39 Å². The first-order valence-corrected chi connectivity index (χ1v) is 7.14. The van der Waals surface area contributed by atoms with E-state index < -0.39 is 0 Å². The Bertz CT molecular complexity index is 588. The molecule has 1 aromatic heterocycles. The molecule has 1 aliphatic carbocycles. The van der Waals surface area contributed by atoms with Gasteiger partial charge in [-0.1, -0.05) is 12.8 Å². The molecule has 0 spiro atoms. The first-order chi connectivity index (χ1) is 9.15. The van der Waals surface area contributed by atoms with Crippen LogP contribution >= 0.6 is 0 Å². The minimum absolute atomic E-state index is 0.172. The Hall–Kier alpha value is -1.35. The highest BCUT2D eigenvalue weighted by molar-refractivity contribution is 5.84. The minimum Gasteiger partial charge on any atom is -0.350 e. The summed E-state index contributed by atoms with van der Waals surface area (Å²) in [5.74, 6) is 0.402. The van der Waals surface area contributed by atoms with E-state index in [4.69, 9.17) is 5.73 Å². The van der Waals surface area contributed by atoms with Crippen LogP contribution in [0.15, 0.2) is 24.4 Å². The second-order valence-electron chi connectivity index (χ2n) is 5.84. The maximum Gasteiger partial charge on any atom is 0.125 e. The van der Waals surface area contributed by atoms with Gasteiger partial charge >= 0.3 is 0 Å². The van der Waals surface area contributed by atoms with Crippen molar-refractivity contribution in [2.75, 3.05) is 0 Å². The van der Waals surface area contributed by atoms with Crippen LogP contribution in [0, 0.1) is 11.7 Å². The molecule has 102 valence electrons. The third-order valence-electron chi connectivity index (χ3n) is 4.49. The topological polar surface area (TPSA) is 30.9 Å². The van der Waals surface area contributed by atoms with Gasteiger partial charge in [-0.05, 0) is 48.9 Å². The smallest absolute Gasteiger partial charge is 0.125 e. The Labute approximate surface area is 113 Å². The molecule has 2 nitrogen and oxygen atoms in total. The minimum atomic E-state index is -0.172. The molecule has 1 aliphatic rings.